The van der Waals surface area contributed by atoms with E-state index in [1.807, 2.05) is 38.1 Å². The second kappa shape index (κ2) is 5.76. The minimum absolute atomic E-state index is 0.0299. The Labute approximate surface area is 95.6 Å². The lowest BCUT2D eigenvalue weighted by Gasteiger charge is -2.15. The maximum Gasteiger partial charge on any atom is 0.220 e. The molecule has 1 amide bonds. The van der Waals surface area contributed by atoms with Gasteiger partial charge in [-0.15, -0.1) is 0 Å². The molecule has 3 heteroatoms. The van der Waals surface area contributed by atoms with E-state index in [1.54, 1.807) is 0 Å². The van der Waals surface area contributed by atoms with Gasteiger partial charge < -0.3 is 5.32 Å². The van der Waals surface area contributed by atoms with Crippen molar-refractivity contribution in [1.29, 1.82) is 0 Å². The van der Waals surface area contributed by atoms with Gasteiger partial charge in [-0.3, -0.25) is 4.79 Å². The molecule has 0 unspecified atom stereocenters. The molecule has 0 bridgehead atoms. The second-order valence-electron chi connectivity index (χ2n) is 3.56. The van der Waals surface area contributed by atoms with Crippen LogP contribution in [0.15, 0.2) is 24.3 Å². The molecule has 0 aliphatic heterocycles. The maximum atomic E-state index is 11.4. The summed E-state index contributed by atoms with van der Waals surface area (Å²) in [4.78, 5) is 11.4. The standard InChI is InChI=1S/C12H16ClNO/c1-3-6-12(15)14-9(2)10-7-4-5-8-11(10)13/h4-5,7-9H,3,6H2,1-2H3,(H,14,15)/t9-/m0/s1. The fourth-order valence-corrected chi connectivity index (χ4v) is 1.74. The molecular weight excluding hydrogens is 210 g/mol. The first-order valence-electron chi connectivity index (χ1n) is 5.19. The number of hydrogen-bond donors (Lipinski definition) is 1. The van der Waals surface area contributed by atoms with Crippen molar-refractivity contribution >= 4 is 17.5 Å². The van der Waals surface area contributed by atoms with Gasteiger partial charge in [0.2, 0.25) is 5.91 Å². The van der Waals surface area contributed by atoms with Crippen molar-refractivity contribution in [2.24, 2.45) is 0 Å². The molecule has 1 aromatic rings. The fraction of sp³-hybridized carbons (Fsp3) is 0.417. The van der Waals surface area contributed by atoms with Crippen LogP contribution in [0.2, 0.25) is 5.02 Å². The number of benzene rings is 1. The Hall–Kier alpha value is -1.02. The number of nitrogens with one attached hydrogen (secondary N) is 1. The molecule has 15 heavy (non-hydrogen) atoms. The van der Waals surface area contributed by atoms with Gasteiger partial charge in [0.1, 0.15) is 0 Å². The van der Waals surface area contributed by atoms with Crippen molar-refractivity contribution in [1.82, 2.24) is 5.32 Å². The molecule has 0 heterocycles. The third kappa shape index (κ3) is 3.56. The van der Waals surface area contributed by atoms with E-state index in [0.717, 1.165) is 12.0 Å². The van der Waals surface area contributed by atoms with Crippen LogP contribution in [0.4, 0.5) is 0 Å². The van der Waals surface area contributed by atoms with Gasteiger partial charge in [-0.25, -0.2) is 0 Å². The molecule has 0 spiro atoms. The predicted molar refractivity (Wildman–Crippen MR) is 62.9 cm³/mol. The number of carbonyl (C=O) groups is 1. The van der Waals surface area contributed by atoms with Gasteiger partial charge in [-0.05, 0) is 25.0 Å². The number of amides is 1. The van der Waals surface area contributed by atoms with E-state index in [9.17, 15) is 4.79 Å². The summed E-state index contributed by atoms with van der Waals surface area (Å²) >= 11 is 6.03. The van der Waals surface area contributed by atoms with Crippen molar-refractivity contribution in [3.63, 3.8) is 0 Å². The highest BCUT2D eigenvalue weighted by Gasteiger charge is 2.10. The molecule has 1 rings (SSSR count). The van der Waals surface area contributed by atoms with E-state index < -0.39 is 0 Å². The topological polar surface area (TPSA) is 29.1 Å². The highest BCUT2D eigenvalue weighted by molar-refractivity contribution is 6.31. The monoisotopic (exact) mass is 225 g/mol. The van der Waals surface area contributed by atoms with Gasteiger partial charge in [0.15, 0.2) is 0 Å². The largest absolute Gasteiger partial charge is 0.350 e. The fourth-order valence-electron chi connectivity index (χ4n) is 1.44. The minimum Gasteiger partial charge on any atom is -0.350 e. The van der Waals surface area contributed by atoms with Crippen molar-refractivity contribution in [3.05, 3.63) is 34.9 Å². The Morgan fingerprint density at radius 1 is 1.47 bits per heavy atom. The summed E-state index contributed by atoms with van der Waals surface area (Å²) in [5.74, 6) is 0.0740. The minimum atomic E-state index is -0.0299. The lowest BCUT2D eigenvalue weighted by Crippen LogP contribution is -2.26. The average Bonchev–Trinajstić information content (AvgIpc) is 2.18. The first-order chi connectivity index (χ1) is 7.15. The van der Waals surface area contributed by atoms with Crippen LogP contribution < -0.4 is 5.32 Å². The zero-order valence-corrected chi connectivity index (χ0v) is 9.84. The SMILES string of the molecule is CCCC(=O)N[C@@H](C)c1ccccc1Cl. The van der Waals surface area contributed by atoms with Crippen LogP contribution in [0.3, 0.4) is 0 Å². The van der Waals surface area contributed by atoms with E-state index in [2.05, 4.69) is 5.32 Å². The van der Waals surface area contributed by atoms with Crippen LogP contribution in [0.5, 0.6) is 0 Å². The molecule has 1 aromatic carbocycles. The maximum absolute atomic E-state index is 11.4. The zero-order chi connectivity index (χ0) is 11.3. The van der Waals surface area contributed by atoms with Crippen LogP contribution in [0, 0.1) is 0 Å². The summed E-state index contributed by atoms with van der Waals surface area (Å²) < 4.78 is 0. The lowest BCUT2D eigenvalue weighted by molar-refractivity contribution is -0.121. The molecule has 82 valence electrons. The quantitative estimate of drug-likeness (QED) is 0.837. The van der Waals surface area contributed by atoms with Gasteiger partial charge in [0, 0.05) is 11.4 Å². The van der Waals surface area contributed by atoms with E-state index in [-0.39, 0.29) is 11.9 Å². The third-order valence-corrected chi connectivity index (χ3v) is 2.57. The number of carbonyl (C=O) groups excluding carboxylic acids is 1. The van der Waals surface area contributed by atoms with Gasteiger partial charge in [-0.1, -0.05) is 36.7 Å². The zero-order valence-electron chi connectivity index (χ0n) is 9.09. The summed E-state index contributed by atoms with van der Waals surface area (Å²) in [6.45, 7) is 3.93. The second-order valence-corrected chi connectivity index (χ2v) is 3.97. The molecule has 0 aliphatic rings. The van der Waals surface area contributed by atoms with Crippen LogP contribution in [-0.4, -0.2) is 5.91 Å². The summed E-state index contributed by atoms with van der Waals surface area (Å²) in [6.07, 6.45) is 1.43. The average molecular weight is 226 g/mol. The van der Waals surface area contributed by atoms with E-state index in [4.69, 9.17) is 11.6 Å². The molecule has 1 atom stereocenters. The molecule has 1 N–H and O–H groups in total. The summed E-state index contributed by atoms with van der Waals surface area (Å²) in [7, 11) is 0. The van der Waals surface area contributed by atoms with Gasteiger partial charge in [0.05, 0.1) is 6.04 Å². The molecule has 0 aliphatic carbocycles. The van der Waals surface area contributed by atoms with Crippen LogP contribution in [-0.2, 0) is 4.79 Å². The smallest absolute Gasteiger partial charge is 0.220 e. The highest BCUT2D eigenvalue weighted by atomic mass is 35.5. The molecule has 0 radical (unpaired) electrons. The van der Waals surface area contributed by atoms with Gasteiger partial charge in [0.25, 0.3) is 0 Å². The molecule has 2 nitrogen and oxygen atoms in total. The number of halogens is 1. The Balaban J connectivity index is 2.65. The third-order valence-electron chi connectivity index (χ3n) is 2.23. The molecule has 0 saturated heterocycles. The lowest BCUT2D eigenvalue weighted by atomic mass is 10.1. The molecular formula is C12H16ClNO. The summed E-state index contributed by atoms with van der Waals surface area (Å²) in [6, 6.07) is 7.53. The first kappa shape index (κ1) is 12.1. The molecule has 0 fully saturated rings. The van der Waals surface area contributed by atoms with Crippen LogP contribution >= 0.6 is 11.6 Å². The van der Waals surface area contributed by atoms with Crippen molar-refractivity contribution < 1.29 is 4.79 Å². The van der Waals surface area contributed by atoms with Crippen LogP contribution in [0.1, 0.15) is 38.3 Å². The van der Waals surface area contributed by atoms with Gasteiger partial charge >= 0.3 is 0 Å². The Morgan fingerprint density at radius 2 is 2.13 bits per heavy atom. The van der Waals surface area contributed by atoms with E-state index in [1.165, 1.54) is 0 Å². The van der Waals surface area contributed by atoms with Crippen molar-refractivity contribution in [2.45, 2.75) is 32.7 Å². The molecule has 0 saturated carbocycles. The predicted octanol–water partition coefficient (Wildman–Crippen LogP) is 3.32. The Morgan fingerprint density at radius 3 is 2.73 bits per heavy atom. The number of hydrogen-bond acceptors (Lipinski definition) is 1. The highest BCUT2D eigenvalue weighted by Crippen LogP contribution is 2.22. The van der Waals surface area contributed by atoms with Crippen LogP contribution in [0.25, 0.3) is 0 Å². The Kier molecular flexibility index (Phi) is 4.63. The van der Waals surface area contributed by atoms with Crippen molar-refractivity contribution in [3.8, 4) is 0 Å². The normalized spacial score (nSPS) is 12.2. The Bertz CT molecular complexity index is 338. The molecule has 0 aromatic heterocycles. The summed E-state index contributed by atoms with van der Waals surface area (Å²) in [5, 5.41) is 3.61. The van der Waals surface area contributed by atoms with E-state index >= 15 is 0 Å². The summed E-state index contributed by atoms with van der Waals surface area (Å²) in [5.41, 5.74) is 0.962. The van der Waals surface area contributed by atoms with Crippen molar-refractivity contribution in [2.75, 3.05) is 0 Å². The number of rotatable bonds is 4. The van der Waals surface area contributed by atoms with E-state index in [0.29, 0.717) is 11.4 Å². The first-order valence-corrected chi connectivity index (χ1v) is 5.56. The van der Waals surface area contributed by atoms with Gasteiger partial charge in [-0.2, -0.15) is 0 Å².